The normalized spacial score (nSPS) is 23.2. The number of hydrogen-bond acceptors (Lipinski definition) is 3. The Morgan fingerprint density at radius 3 is 2.80 bits per heavy atom. The van der Waals surface area contributed by atoms with Gasteiger partial charge in [-0.25, -0.2) is 0 Å². The quantitative estimate of drug-likeness (QED) is 0.741. The van der Waals surface area contributed by atoms with Gasteiger partial charge in [0.25, 0.3) is 0 Å². The van der Waals surface area contributed by atoms with Crippen molar-refractivity contribution in [2.75, 3.05) is 6.61 Å². The number of ether oxygens (including phenoxy) is 2. The predicted octanol–water partition coefficient (Wildman–Crippen LogP) is 2.52. The van der Waals surface area contributed by atoms with E-state index in [4.69, 9.17) is 14.7 Å². The lowest BCUT2D eigenvalue weighted by Crippen LogP contribution is -2.43. The molecule has 1 aromatic carbocycles. The Kier molecular flexibility index (Phi) is 2.51. The molecule has 3 nitrogen and oxygen atoms in total. The summed E-state index contributed by atoms with van der Waals surface area (Å²) < 4.78 is 11.3. The van der Waals surface area contributed by atoms with Crippen molar-refractivity contribution in [2.24, 2.45) is 0 Å². The van der Waals surface area contributed by atoms with Gasteiger partial charge in [-0.3, -0.25) is 0 Å². The second kappa shape index (κ2) is 3.82. The van der Waals surface area contributed by atoms with Gasteiger partial charge in [0.1, 0.15) is 12.7 Å². The molecule has 1 aliphatic heterocycles. The monoisotopic (exact) mass is 203 g/mol. The highest BCUT2D eigenvalue weighted by atomic mass is 16.6. The molecule has 0 saturated carbocycles. The summed E-state index contributed by atoms with van der Waals surface area (Å²) in [7, 11) is 0. The van der Waals surface area contributed by atoms with Gasteiger partial charge >= 0.3 is 0 Å². The van der Waals surface area contributed by atoms with Crippen LogP contribution in [0, 0.1) is 11.3 Å². The second-order valence-electron chi connectivity index (χ2n) is 3.69. The SMILES string of the molecule is CCC[C@]1(C#N)COc2ccccc2O1. The van der Waals surface area contributed by atoms with Crippen LogP contribution in [-0.2, 0) is 0 Å². The Hall–Kier alpha value is -1.69. The van der Waals surface area contributed by atoms with E-state index in [0.717, 1.165) is 12.2 Å². The first kappa shape index (κ1) is 9.85. The number of nitrogens with zero attached hydrogens (tertiary/aromatic N) is 1. The molecule has 0 unspecified atom stereocenters. The van der Waals surface area contributed by atoms with Crippen LogP contribution in [0.2, 0.25) is 0 Å². The molecule has 2 rings (SSSR count). The Labute approximate surface area is 89.2 Å². The fourth-order valence-electron chi connectivity index (χ4n) is 1.73. The first-order chi connectivity index (χ1) is 7.29. The van der Waals surface area contributed by atoms with Crippen molar-refractivity contribution in [3.05, 3.63) is 24.3 Å². The van der Waals surface area contributed by atoms with E-state index in [1.54, 1.807) is 0 Å². The summed E-state index contributed by atoms with van der Waals surface area (Å²) in [5, 5.41) is 9.14. The van der Waals surface area contributed by atoms with E-state index in [1.807, 2.05) is 31.2 Å². The number of para-hydroxylation sites is 2. The smallest absolute Gasteiger partial charge is 0.227 e. The van der Waals surface area contributed by atoms with Gasteiger partial charge in [0.05, 0.1) is 0 Å². The van der Waals surface area contributed by atoms with Crippen molar-refractivity contribution in [1.29, 1.82) is 5.26 Å². The summed E-state index contributed by atoms with van der Waals surface area (Å²) in [6.07, 6.45) is 1.59. The van der Waals surface area contributed by atoms with E-state index >= 15 is 0 Å². The fourth-order valence-corrected chi connectivity index (χ4v) is 1.73. The third-order valence-electron chi connectivity index (χ3n) is 2.47. The molecule has 0 amide bonds. The van der Waals surface area contributed by atoms with E-state index in [9.17, 15) is 0 Å². The summed E-state index contributed by atoms with van der Waals surface area (Å²) >= 11 is 0. The lowest BCUT2D eigenvalue weighted by Gasteiger charge is -2.32. The average Bonchev–Trinajstić information content (AvgIpc) is 2.29. The molecule has 0 spiro atoms. The summed E-state index contributed by atoms with van der Waals surface area (Å²) in [5.41, 5.74) is -0.802. The summed E-state index contributed by atoms with van der Waals surface area (Å²) in [5.74, 6) is 1.39. The Morgan fingerprint density at radius 1 is 1.40 bits per heavy atom. The maximum Gasteiger partial charge on any atom is 0.227 e. The summed E-state index contributed by atoms with van der Waals surface area (Å²) in [6, 6.07) is 9.66. The van der Waals surface area contributed by atoms with Crippen molar-refractivity contribution in [2.45, 2.75) is 25.4 Å². The van der Waals surface area contributed by atoms with E-state index < -0.39 is 5.60 Å². The van der Waals surface area contributed by atoms with Crippen LogP contribution in [0.15, 0.2) is 24.3 Å². The average molecular weight is 203 g/mol. The maximum atomic E-state index is 9.14. The standard InChI is InChI=1S/C12H13NO2/c1-2-7-12(8-13)9-14-10-5-3-4-6-11(10)15-12/h3-6H,2,7,9H2,1H3/t12-/m0/s1. The molecule has 0 bridgehead atoms. The van der Waals surface area contributed by atoms with E-state index in [2.05, 4.69) is 6.07 Å². The minimum absolute atomic E-state index is 0.314. The molecule has 1 aliphatic rings. The number of hydrogen-bond donors (Lipinski definition) is 0. The molecule has 0 saturated heterocycles. The summed E-state index contributed by atoms with van der Waals surface area (Å²) in [6.45, 7) is 2.34. The molecule has 0 radical (unpaired) electrons. The van der Waals surface area contributed by atoms with Crippen molar-refractivity contribution < 1.29 is 9.47 Å². The van der Waals surface area contributed by atoms with Gasteiger partial charge in [-0.05, 0) is 12.1 Å². The van der Waals surface area contributed by atoms with Crippen molar-refractivity contribution in [3.63, 3.8) is 0 Å². The largest absolute Gasteiger partial charge is 0.484 e. The number of rotatable bonds is 2. The zero-order valence-corrected chi connectivity index (χ0v) is 8.69. The molecule has 3 heteroatoms. The van der Waals surface area contributed by atoms with Crippen LogP contribution in [0.1, 0.15) is 19.8 Å². The van der Waals surface area contributed by atoms with Crippen LogP contribution < -0.4 is 9.47 Å². The van der Waals surface area contributed by atoms with Crippen LogP contribution in [0.5, 0.6) is 11.5 Å². The van der Waals surface area contributed by atoms with Gasteiger partial charge < -0.3 is 9.47 Å². The second-order valence-corrected chi connectivity index (χ2v) is 3.69. The predicted molar refractivity (Wildman–Crippen MR) is 55.8 cm³/mol. The van der Waals surface area contributed by atoms with Gasteiger partial charge in [0, 0.05) is 6.42 Å². The van der Waals surface area contributed by atoms with E-state index in [0.29, 0.717) is 18.8 Å². The molecular formula is C12H13NO2. The van der Waals surface area contributed by atoms with E-state index in [1.165, 1.54) is 0 Å². The molecule has 78 valence electrons. The van der Waals surface area contributed by atoms with Crippen LogP contribution in [0.25, 0.3) is 0 Å². The highest BCUT2D eigenvalue weighted by molar-refractivity contribution is 5.42. The van der Waals surface area contributed by atoms with Crippen molar-refractivity contribution in [3.8, 4) is 17.6 Å². The topological polar surface area (TPSA) is 42.2 Å². The zero-order chi connectivity index (χ0) is 10.7. The Balaban J connectivity index is 2.28. The third-order valence-corrected chi connectivity index (χ3v) is 2.47. The van der Waals surface area contributed by atoms with Crippen molar-refractivity contribution in [1.82, 2.24) is 0 Å². The van der Waals surface area contributed by atoms with Gasteiger partial charge in [-0.15, -0.1) is 0 Å². The Bertz CT molecular complexity index is 397. The zero-order valence-electron chi connectivity index (χ0n) is 8.69. The minimum Gasteiger partial charge on any atom is -0.484 e. The maximum absolute atomic E-state index is 9.14. The molecular weight excluding hydrogens is 190 g/mol. The molecule has 1 atom stereocenters. The van der Waals surface area contributed by atoms with Crippen LogP contribution in [0.3, 0.4) is 0 Å². The summed E-state index contributed by atoms with van der Waals surface area (Å²) in [4.78, 5) is 0. The first-order valence-electron chi connectivity index (χ1n) is 5.12. The van der Waals surface area contributed by atoms with Gasteiger partial charge in [-0.2, -0.15) is 5.26 Å². The number of nitriles is 1. The lowest BCUT2D eigenvalue weighted by molar-refractivity contribution is 0.0288. The molecule has 0 aliphatic carbocycles. The van der Waals surface area contributed by atoms with Gasteiger partial charge in [0.2, 0.25) is 5.60 Å². The molecule has 0 fully saturated rings. The molecule has 0 N–H and O–H groups in total. The highest BCUT2D eigenvalue weighted by Gasteiger charge is 2.37. The Morgan fingerprint density at radius 2 is 2.13 bits per heavy atom. The first-order valence-corrected chi connectivity index (χ1v) is 5.12. The molecule has 15 heavy (non-hydrogen) atoms. The third kappa shape index (κ3) is 1.75. The van der Waals surface area contributed by atoms with Gasteiger partial charge in [-0.1, -0.05) is 25.5 Å². The van der Waals surface area contributed by atoms with Crippen LogP contribution in [-0.4, -0.2) is 12.2 Å². The lowest BCUT2D eigenvalue weighted by atomic mass is 9.99. The van der Waals surface area contributed by atoms with E-state index in [-0.39, 0.29) is 0 Å². The number of fused-ring (bicyclic) bond motifs is 1. The highest BCUT2D eigenvalue weighted by Crippen LogP contribution is 2.36. The van der Waals surface area contributed by atoms with Crippen molar-refractivity contribution >= 4 is 0 Å². The molecule has 1 aromatic rings. The molecule has 0 aromatic heterocycles. The van der Waals surface area contributed by atoms with Crippen LogP contribution >= 0.6 is 0 Å². The van der Waals surface area contributed by atoms with Crippen LogP contribution in [0.4, 0.5) is 0 Å². The number of benzene rings is 1. The minimum atomic E-state index is -0.802. The fraction of sp³-hybridized carbons (Fsp3) is 0.417. The molecule has 1 heterocycles. The van der Waals surface area contributed by atoms with Gasteiger partial charge in [0.15, 0.2) is 11.5 Å².